The number of halogens is 1. The van der Waals surface area contributed by atoms with Gasteiger partial charge < -0.3 is 10.2 Å². The van der Waals surface area contributed by atoms with Crippen LogP contribution in [-0.2, 0) is 32.6 Å². The third-order valence-corrected chi connectivity index (χ3v) is 10.0. The highest BCUT2D eigenvalue weighted by molar-refractivity contribution is 9.10. The van der Waals surface area contributed by atoms with Gasteiger partial charge in [-0.15, -0.1) is 0 Å². The standard InChI is InChI=1S/C36H40BrN3O4S/c1-4-5-23-38-36(42)34(24-29-12-7-6-8-13-29)39(25-30-14-10-9-11-28(30)3)35(41)26-40(32-19-17-31(37)18-20-32)45(43,44)33-21-15-27(2)16-22-33/h6-22,34H,4-5,23-26H2,1-3H3,(H,38,42)/t34-/m1/s1. The number of amides is 2. The quantitative estimate of drug-likeness (QED) is 0.147. The van der Waals surface area contributed by atoms with Crippen LogP contribution in [0.1, 0.15) is 42.0 Å². The number of anilines is 1. The molecule has 0 unspecified atom stereocenters. The van der Waals surface area contributed by atoms with E-state index in [1.807, 2.05) is 75.4 Å². The molecule has 4 rings (SSSR count). The maximum Gasteiger partial charge on any atom is 0.264 e. The van der Waals surface area contributed by atoms with Crippen LogP contribution in [0.25, 0.3) is 0 Å². The van der Waals surface area contributed by atoms with Crippen LogP contribution in [0, 0.1) is 13.8 Å². The van der Waals surface area contributed by atoms with E-state index in [2.05, 4.69) is 21.2 Å². The van der Waals surface area contributed by atoms with E-state index in [0.717, 1.165) is 43.9 Å². The molecule has 236 valence electrons. The van der Waals surface area contributed by atoms with E-state index in [1.54, 1.807) is 48.5 Å². The summed E-state index contributed by atoms with van der Waals surface area (Å²) in [7, 11) is -4.15. The normalized spacial score (nSPS) is 11.9. The fourth-order valence-electron chi connectivity index (χ4n) is 5.00. The average Bonchev–Trinajstić information content (AvgIpc) is 3.03. The van der Waals surface area contributed by atoms with E-state index in [9.17, 15) is 18.0 Å². The van der Waals surface area contributed by atoms with Crippen molar-refractivity contribution in [2.75, 3.05) is 17.4 Å². The van der Waals surface area contributed by atoms with Crippen LogP contribution in [0.5, 0.6) is 0 Å². The first-order chi connectivity index (χ1) is 21.6. The largest absolute Gasteiger partial charge is 0.354 e. The van der Waals surface area contributed by atoms with Gasteiger partial charge in [-0.25, -0.2) is 8.42 Å². The molecule has 4 aromatic carbocycles. The summed E-state index contributed by atoms with van der Waals surface area (Å²) in [4.78, 5) is 30.0. The van der Waals surface area contributed by atoms with Crippen molar-refractivity contribution in [1.82, 2.24) is 10.2 Å². The van der Waals surface area contributed by atoms with Gasteiger partial charge in [-0.2, -0.15) is 0 Å². The second-order valence-electron chi connectivity index (χ2n) is 11.1. The van der Waals surface area contributed by atoms with Gasteiger partial charge >= 0.3 is 0 Å². The molecule has 2 amide bonds. The summed E-state index contributed by atoms with van der Waals surface area (Å²) in [6.45, 7) is 6.03. The van der Waals surface area contributed by atoms with Gasteiger partial charge in [0, 0.05) is 24.0 Å². The highest BCUT2D eigenvalue weighted by Crippen LogP contribution is 2.27. The van der Waals surface area contributed by atoms with Gasteiger partial charge in [-0.1, -0.05) is 102 Å². The molecule has 0 aliphatic carbocycles. The second kappa shape index (κ2) is 15.9. The van der Waals surface area contributed by atoms with E-state index in [1.165, 1.54) is 4.90 Å². The third kappa shape index (κ3) is 9.05. The third-order valence-electron chi connectivity index (χ3n) is 7.71. The fraction of sp³-hybridized carbons (Fsp3) is 0.278. The van der Waals surface area contributed by atoms with Crippen LogP contribution >= 0.6 is 15.9 Å². The van der Waals surface area contributed by atoms with Crippen LogP contribution in [0.2, 0.25) is 0 Å². The molecule has 0 fully saturated rings. The number of unbranched alkanes of at least 4 members (excludes halogenated alkanes) is 1. The minimum Gasteiger partial charge on any atom is -0.354 e. The van der Waals surface area contributed by atoms with Crippen LogP contribution < -0.4 is 9.62 Å². The number of carbonyl (C=O) groups is 2. The summed E-state index contributed by atoms with van der Waals surface area (Å²) in [5.74, 6) is -0.755. The van der Waals surface area contributed by atoms with Crippen LogP contribution in [0.4, 0.5) is 5.69 Å². The lowest BCUT2D eigenvalue weighted by Crippen LogP contribution is -2.53. The number of hydrogen-bond donors (Lipinski definition) is 1. The number of carbonyl (C=O) groups excluding carboxylic acids is 2. The molecule has 0 bridgehead atoms. The van der Waals surface area contributed by atoms with Gasteiger partial charge in [-0.3, -0.25) is 13.9 Å². The van der Waals surface area contributed by atoms with Gasteiger partial charge in [-0.05, 0) is 73.4 Å². The number of nitrogens with one attached hydrogen (secondary N) is 1. The summed E-state index contributed by atoms with van der Waals surface area (Å²) in [5.41, 5.74) is 4.00. The van der Waals surface area contributed by atoms with Crippen LogP contribution in [0.3, 0.4) is 0 Å². The molecule has 0 aliphatic rings. The Morgan fingerprint density at radius 2 is 1.49 bits per heavy atom. The van der Waals surface area contributed by atoms with E-state index in [4.69, 9.17) is 0 Å². The molecule has 1 atom stereocenters. The Kier molecular flexibility index (Phi) is 12.0. The first-order valence-electron chi connectivity index (χ1n) is 15.1. The summed E-state index contributed by atoms with van der Waals surface area (Å²) < 4.78 is 30.2. The SMILES string of the molecule is CCCCNC(=O)[C@@H](Cc1ccccc1)N(Cc1ccccc1C)C(=O)CN(c1ccc(Br)cc1)S(=O)(=O)c1ccc(C)cc1. The Morgan fingerprint density at radius 1 is 0.844 bits per heavy atom. The molecule has 9 heteroatoms. The van der Waals surface area contributed by atoms with Crippen molar-refractivity contribution < 1.29 is 18.0 Å². The molecule has 0 aromatic heterocycles. The lowest BCUT2D eigenvalue weighted by molar-refractivity contribution is -0.140. The highest BCUT2D eigenvalue weighted by Gasteiger charge is 2.34. The maximum atomic E-state index is 14.5. The molecule has 0 aliphatic heterocycles. The van der Waals surface area contributed by atoms with Gasteiger partial charge in [0.2, 0.25) is 11.8 Å². The zero-order valence-corrected chi connectivity index (χ0v) is 28.4. The first-order valence-corrected chi connectivity index (χ1v) is 17.3. The van der Waals surface area contributed by atoms with E-state index in [0.29, 0.717) is 12.2 Å². The molecule has 0 saturated heterocycles. The molecule has 1 N–H and O–H groups in total. The van der Waals surface area contributed by atoms with Crippen molar-refractivity contribution in [1.29, 1.82) is 0 Å². The number of sulfonamides is 1. The zero-order chi connectivity index (χ0) is 32.4. The van der Waals surface area contributed by atoms with Gasteiger partial charge in [0.1, 0.15) is 12.6 Å². The summed E-state index contributed by atoms with van der Waals surface area (Å²) in [6.07, 6.45) is 2.00. The number of rotatable bonds is 14. The predicted molar refractivity (Wildman–Crippen MR) is 183 cm³/mol. The Morgan fingerprint density at radius 3 is 2.13 bits per heavy atom. The van der Waals surface area contributed by atoms with E-state index in [-0.39, 0.29) is 23.8 Å². The number of hydrogen-bond acceptors (Lipinski definition) is 4. The van der Waals surface area contributed by atoms with E-state index >= 15 is 0 Å². The second-order valence-corrected chi connectivity index (χ2v) is 13.9. The lowest BCUT2D eigenvalue weighted by atomic mass is 10.0. The average molecular weight is 691 g/mol. The smallest absolute Gasteiger partial charge is 0.264 e. The Hall–Kier alpha value is -3.95. The minimum atomic E-state index is -4.15. The van der Waals surface area contributed by atoms with E-state index < -0.39 is 28.5 Å². The molecule has 0 heterocycles. The van der Waals surface area contributed by atoms with Gasteiger partial charge in [0.05, 0.1) is 10.6 Å². The first kappa shape index (κ1) is 33.9. The topological polar surface area (TPSA) is 86.8 Å². The molecule has 4 aromatic rings. The molecule has 0 spiro atoms. The molecule has 45 heavy (non-hydrogen) atoms. The minimum absolute atomic E-state index is 0.0763. The summed E-state index contributed by atoms with van der Waals surface area (Å²) >= 11 is 3.42. The monoisotopic (exact) mass is 689 g/mol. The summed E-state index contributed by atoms with van der Waals surface area (Å²) in [5, 5.41) is 3.02. The van der Waals surface area contributed by atoms with Crippen molar-refractivity contribution in [2.24, 2.45) is 0 Å². The van der Waals surface area contributed by atoms with Crippen molar-refractivity contribution in [3.05, 3.63) is 130 Å². The van der Waals surface area contributed by atoms with Crippen molar-refractivity contribution >= 4 is 43.5 Å². The molecular formula is C36H40BrN3O4S. The molecular weight excluding hydrogens is 650 g/mol. The fourth-order valence-corrected chi connectivity index (χ4v) is 6.68. The number of nitrogens with zero attached hydrogens (tertiary/aromatic N) is 2. The number of benzene rings is 4. The molecule has 0 radical (unpaired) electrons. The zero-order valence-electron chi connectivity index (χ0n) is 25.9. The van der Waals surface area contributed by atoms with Crippen molar-refractivity contribution in [3.63, 3.8) is 0 Å². The Balaban J connectivity index is 1.79. The Labute approximate surface area is 275 Å². The predicted octanol–water partition coefficient (Wildman–Crippen LogP) is 6.82. The highest BCUT2D eigenvalue weighted by atomic mass is 79.9. The summed E-state index contributed by atoms with van der Waals surface area (Å²) in [6, 6.07) is 29.8. The van der Waals surface area contributed by atoms with Gasteiger partial charge in [0.25, 0.3) is 10.0 Å². The lowest BCUT2D eigenvalue weighted by Gasteiger charge is -2.34. The van der Waals surface area contributed by atoms with Crippen LogP contribution in [0.15, 0.2) is 112 Å². The van der Waals surface area contributed by atoms with Crippen LogP contribution in [-0.4, -0.2) is 44.3 Å². The number of aryl methyl sites for hydroxylation is 2. The maximum absolute atomic E-state index is 14.5. The Bertz CT molecular complexity index is 1680. The van der Waals surface area contributed by atoms with Crippen molar-refractivity contribution in [2.45, 2.75) is 57.5 Å². The van der Waals surface area contributed by atoms with Gasteiger partial charge in [0.15, 0.2) is 0 Å². The molecule has 0 saturated carbocycles. The molecule has 7 nitrogen and oxygen atoms in total. The van der Waals surface area contributed by atoms with Crippen molar-refractivity contribution in [3.8, 4) is 0 Å².